The molecule has 1 aromatic rings. The minimum atomic E-state index is -2.67. The molecular weight excluding hydrogens is 331 g/mol. The van der Waals surface area contributed by atoms with Gasteiger partial charge in [-0.15, -0.1) is 11.6 Å². The van der Waals surface area contributed by atoms with Crippen molar-refractivity contribution < 1.29 is 18.3 Å². The van der Waals surface area contributed by atoms with Crippen molar-refractivity contribution in [3.05, 3.63) is 27.5 Å². The third-order valence-electron chi connectivity index (χ3n) is 2.14. The minimum Gasteiger partial charge on any atom is -0.466 e. The summed E-state index contributed by atoms with van der Waals surface area (Å²) in [6.07, 6.45) is -2.74. The Morgan fingerprint density at radius 1 is 1.61 bits per heavy atom. The van der Waals surface area contributed by atoms with Crippen LogP contribution in [0.15, 0.2) is 10.7 Å². The Kier molecular flexibility index (Phi) is 5.95. The smallest absolute Gasteiger partial charge is 0.311 e. The summed E-state index contributed by atoms with van der Waals surface area (Å²) in [4.78, 5) is 15.2. The van der Waals surface area contributed by atoms with Crippen LogP contribution in [0.5, 0.6) is 0 Å². The molecule has 1 heterocycles. The maximum Gasteiger partial charge on any atom is 0.311 e. The second-order valence-electron chi connectivity index (χ2n) is 3.39. The van der Waals surface area contributed by atoms with Crippen LogP contribution in [0.25, 0.3) is 0 Å². The Bertz CT molecular complexity index is 443. The van der Waals surface area contributed by atoms with Crippen LogP contribution in [0.3, 0.4) is 0 Å². The summed E-state index contributed by atoms with van der Waals surface area (Å²) < 4.78 is 30.3. The molecule has 0 aliphatic rings. The first kappa shape index (κ1) is 15.3. The Morgan fingerprint density at radius 3 is 2.78 bits per heavy atom. The molecule has 0 fully saturated rings. The fourth-order valence-electron chi connectivity index (χ4n) is 1.42. The molecular formula is C11H11BrClF2NO2. The fourth-order valence-corrected chi connectivity index (χ4v) is 2.30. The van der Waals surface area contributed by atoms with Crippen LogP contribution in [-0.4, -0.2) is 17.6 Å². The number of pyridine rings is 1. The summed E-state index contributed by atoms with van der Waals surface area (Å²) in [6, 6.07) is 1.40. The van der Waals surface area contributed by atoms with E-state index in [-0.39, 0.29) is 34.6 Å². The summed E-state index contributed by atoms with van der Waals surface area (Å²) in [7, 11) is 0. The second-order valence-corrected chi connectivity index (χ2v) is 4.41. The maximum atomic E-state index is 12.8. The highest BCUT2D eigenvalue weighted by Crippen LogP contribution is 2.31. The standard InChI is InChI=1S/C11H11BrClF2NO2/c1-2-18-8(17)4-7-3-6(5-13)9(11(14)15)10(12)16-7/h3,11H,2,4-5H2,1H3. The largest absolute Gasteiger partial charge is 0.466 e. The molecule has 0 unspecified atom stereocenters. The van der Waals surface area contributed by atoms with Crippen molar-refractivity contribution in [2.75, 3.05) is 6.61 Å². The summed E-state index contributed by atoms with van der Waals surface area (Å²) >= 11 is 8.59. The molecule has 0 atom stereocenters. The van der Waals surface area contributed by atoms with Gasteiger partial charge in [-0.2, -0.15) is 0 Å². The molecule has 0 aliphatic carbocycles. The number of carbonyl (C=O) groups is 1. The van der Waals surface area contributed by atoms with Crippen LogP contribution in [0, 0.1) is 0 Å². The van der Waals surface area contributed by atoms with Gasteiger partial charge in [0.1, 0.15) is 4.60 Å². The molecule has 3 nitrogen and oxygen atoms in total. The molecule has 0 saturated heterocycles. The van der Waals surface area contributed by atoms with Gasteiger partial charge in [-0.25, -0.2) is 13.8 Å². The average Bonchev–Trinajstić information content (AvgIpc) is 2.27. The predicted octanol–water partition coefficient (Wildman–Crippen LogP) is 3.63. The van der Waals surface area contributed by atoms with Gasteiger partial charge in [-0.3, -0.25) is 4.79 Å². The van der Waals surface area contributed by atoms with Gasteiger partial charge in [-0.05, 0) is 34.5 Å². The lowest BCUT2D eigenvalue weighted by Gasteiger charge is -2.10. The van der Waals surface area contributed by atoms with E-state index in [4.69, 9.17) is 16.3 Å². The fraction of sp³-hybridized carbons (Fsp3) is 0.455. The molecule has 1 rings (SSSR count). The normalized spacial score (nSPS) is 10.8. The minimum absolute atomic E-state index is 0.00921. The molecule has 0 radical (unpaired) electrons. The van der Waals surface area contributed by atoms with Crippen molar-refractivity contribution in [2.24, 2.45) is 0 Å². The number of carbonyl (C=O) groups excluding carboxylic acids is 1. The van der Waals surface area contributed by atoms with Crippen LogP contribution < -0.4 is 0 Å². The van der Waals surface area contributed by atoms with Gasteiger partial charge in [-0.1, -0.05) is 0 Å². The zero-order valence-electron chi connectivity index (χ0n) is 9.55. The maximum absolute atomic E-state index is 12.8. The van der Waals surface area contributed by atoms with Gasteiger partial charge in [0.25, 0.3) is 6.43 Å². The lowest BCUT2D eigenvalue weighted by atomic mass is 10.1. The van der Waals surface area contributed by atoms with Crippen LogP contribution in [0.4, 0.5) is 8.78 Å². The van der Waals surface area contributed by atoms with E-state index in [0.29, 0.717) is 5.69 Å². The molecule has 0 bridgehead atoms. The summed E-state index contributed by atoms with van der Waals surface area (Å²) in [5, 5.41) is 0. The molecule has 0 N–H and O–H groups in total. The number of aromatic nitrogens is 1. The first-order valence-electron chi connectivity index (χ1n) is 5.17. The average molecular weight is 343 g/mol. The Hall–Kier alpha value is -0.750. The van der Waals surface area contributed by atoms with Crippen LogP contribution in [0.1, 0.15) is 30.2 Å². The number of halogens is 4. The number of ether oxygens (including phenoxy) is 1. The highest BCUT2D eigenvalue weighted by atomic mass is 79.9. The first-order chi connectivity index (χ1) is 8.49. The predicted molar refractivity (Wildman–Crippen MR) is 66.8 cm³/mol. The second kappa shape index (κ2) is 6.99. The molecule has 0 aliphatic heterocycles. The van der Waals surface area contributed by atoms with Gasteiger partial charge < -0.3 is 4.74 Å². The van der Waals surface area contributed by atoms with Crippen molar-refractivity contribution in [1.29, 1.82) is 0 Å². The third-order valence-corrected chi connectivity index (χ3v) is 3.04. The van der Waals surface area contributed by atoms with E-state index in [1.54, 1.807) is 6.92 Å². The number of nitrogens with zero attached hydrogens (tertiary/aromatic N) is 1. The van der Waals surface area contributed by atoms with E-state index in [1.165, 1.54) is 6.07 Å². The summed E-state index contributed by atoms with van der Waals surface area (Å²) in [5.74, 6) is -0.529. The zero-order chi connectivity index (χ0) is 13.7. The highest BCUT2D eigenvalue weighted by Gasteiger charge is 2.19. The molecule has 0 amide bonds. The molecule has 0 spiro atoms. The van der Waals surface area contributed by atoms with Crippen LogP contribution in [0.2, 0.25) is 0 Å². The number of esters is 1. The quantitative estimate of drug-likeness (QED) is 0.466. The molecule has 0 saturated carbocycles. The van der Waals surface area contributed by atoms with Gasteiger partial charge in [0.05, 0.1) is 24.3 Å². The Morgan fingerprint density at radius 2 is 2.28 bits per heavy atom. The molecule has 7 heteroatoms. The van der Waals surface area contributed by atoms with Crippen molar-refractivity contribution in [3.8, 4) is 0 Å². The van der Waals surface area contributed by atoms with E-state index in [9.17, 15) is 13.6 Å². The van der Waals surface area contributed by atoms with E-state index in [2.05, 4.69) is 20.9 Å². The monoisotopic (exact) mass is 341 g/mol. The lowest BCUT2D eigenvalue weighted by Crippen LogP contribution is -2.10. The van der Waals surface area contributed by atoms with Crippen LogP contribution in [-0.2, 0) is 21.8 Å². The van der Waals surface area contributed by atoms with E-state index >= 15 is 0 Å². The highest BCUT2D eigenvalue weighted by molar-refractivity contribution is 9.10. The number of hydrogen-bond acceptors (Lipinski definition) is 3. The SMILES string of the molecule is CCOC(=O)Cc1cc(CCl)c(C(F)F)c(Br)n1. The van der Waals surface area contributed by atoms with Crippen molar-refractivity contribution in [3.63, 3.8) is 0 Å². The Balaban J connectivity index is 3.03. The summed E-state index contributed by atoms with van der Waals surface area (Å²) in [5.41, 5.74) is 0.367. The van der Waals surface area contributed by atoms with Crippen LogP contribution >= 0.6 is 27.5 Å². The molecule has 0 aromatic carbocycles. The van der Waals surface area contributed by atoms with Crippen molar-refractivity contribution in [2.45, 2.75) is 25.7 Å². The van der Waals surface area contributed by atoms with Gasteiger partial charge >= 0.3 is 5.97 Å². The number of hydrogen-bond donors (Lipinski definition) is 0. The van der Waals surface area contributed by atoms with Crippen molar-refractivity contribution >= 4 is 33.5 Å². The molecule has 100 valence electrons. The molecule has 18 heavy (non-hydrogen) atoms. The van der Waals surface area contributed by atoms with E-state index in [1.807, 2.05) is 0 Å². The Labute approximate surface area is 117 Å². The van der Waals surface area contributed by atoms with Crippen molar-refractivity contribution in [1.82, 2.24) is 4.98 Å². The lowest BCUT2D eigenvalue weighted by molar-refractivity contribution is -0.142. The van der Waals surface area contributed by atoms with Gasteiger partial charge in [0.2, 0.25) is 0 Å². The molecule has 1 aromatic heterocycles. The third kappa shape index (κ3) is 3.88. The number of alkyl halides is 3. The number of rotatable bonds is 5. The van der Waals surface area contributed by atoms with E-state index < -0.39 is 12.4 Å². The topological polar surface area (TPSA) is 39.2 Å². The van der Waals surface area contributed by atoms with Gasteiger partial charge in [0.15, 0.2) is 0 Å². The zero-order valence-corrected chi connectivity index (χ0v) is 11.9. The van der Waals surface area contributed by atoms with Gasteiger partial charge in [0, 0.05) is 5.88 Å². The first-order valence-corrected chi connectivity index (χ1v) is 6.50. The van der Waals surface area contributed by atoms with E-state index in [0.717, 1.165) is 0 Å². The summed E-state index contributed by atoms with van der Waals surface area (Å²) in [6.45, 7) is 1.95.